The van der Waals surface area contributed by atoms with Crippen LogP contribution in [0.25, 0.3) is 0 Å². The quantitative estimate of drug-likeness (QED) is 0.522. The van der Waals surface area contributed by atoms with Crippen molar-refractivity contribution in [3.8, 4) is 0 Å². The first-order valence-corrected chi connectivity index (χ1v) is 8.37. The van der Waals surface area contributed by atoms with Gasteiger partial charge in [0.15, 0.2) is 0 Å². The molecule has 0 aromatic carbocycles. The molecule has 1 amide bonds. The van der Waals surface area contributed by atoms with Crippen molar-refractivity contribution in [2.75, 3.05) is 6.61 Å². The molecule has 0 aromatic heterocycles. The molecule has 0 radical (unpaired) electrons. The fourth-order valence-corrected chi connectivity index (χ4v) is 2.23. The lowest BCUT2D eigenvalue weighted by Crippen LogP contribution is -2.42. The zero-order valence-electron chi connectivity index (χ0n) is 13.2. The fraction of sp³-hybridized carbons (Fsp3) is 0.600. The highest BCUT2D eigenvalue weighted by molar-refractivity contribution is 6.67. The maximum absolute atomic E-state index is 12.3. The Morgan fingerprint density at radius 2 is 2.00 bits per heavy atom. The summed E-state index contributed by atoms with van der Waals surface area (Å²) in [5.74, 6) is -0.397. The van der Waals surface area contributed by atoms with E-state index >= 15 is 0 Å². The summed E-state index contributed by atoms with van der Waals surface area (Å²) in [5, 5.41) is 0. The van der Waals surface area contributed by atoms with Crippen molar-refractivity contribution in [1.29, 1.82) is 0 Å². The average Bonchev–Trinajstić information content (AvgIpc) is 2.42. The second-order valence-electron chi connectivity index (χ2n) is 5.25. The molecule has 130 valence electrons. The zero-order chi connectivity index (χ0) is 17.6. The lowest BCUT2D eigenvalue weighted by molar-refractivity contribution is -0.148. The first-order chi connectivity index (χ1) is 10.6. The number of carbonyl (C=O) groups excluding carboxylic acids is 2. The van der Waals surface area contributed by atoms with Crippen molar-refractivity contribution in [3.63, 3.8) is 0 Å². The number of hydrogen-bond donors (Lipinski definition) is 0. The second-order valence-corrected chi connectivity index (χ2v) is 7.76. The number of esters is 1. The molecule has 0 bridgehead atoms. The highest BCUT2D eigenvalue weighted by atomic mass is 35.6. The number of rotatable bonds is 5. The van der Waals surface area contributed by atoms with Gasteiger partial charge in [-0.15, -0.1) is 0 Å². The number of nitrogens with zero attached hydrogens (tertiary/aromatic N) is 1. The van der Waals surface area contributed by atoms with Gasteiger partial charge in [-0.25, -0.2) is 4.79 Å². The minimum Gasteiger partial charge on any atom is -0.463 e. The monoisotopic (exact) mass is 383 g/mol. The first-order valence-electron chi connectivity index (χ1n) is 7.23. The Hall–Kier alpha value is -0.910. The fourth-order valence-electron chi connectivity index (χ4n) is 2.07. The average molecular weight is 385 g/mol. The summed E-state index contributed by atoms with van der Waals surface area (Å²) in [6.07, 6.45) is 5.03. The van der Waals surface area contributed by atoms with Crippen LogP contribution in [0.4, 0.5) is 4.79 Å². The van der Waals surface area contributed by atoms with Crippen LogP contribution in [0.15, 0.2) is 23.9 Å². The van der Waals surface area contributed by atoms with Crippen LogP contribution in [0, 0.1) is 0 Å². The maximum Gasteiger partial charge on any atom is 0.414 e. The minimum absolute atomic E-state index is 0.0227. The summed E-state index contributed by atoms with van der Waals surface area (Å²) < 4.78 is 8.47. The summed E-state index contributed by atoms with van der Waals surface area (Å²) >= 11 is 16.8. The van der Waals surface area contributed by atoms with Crippen molar-refractivity contribution in [2.24, 2.45) is 0 Å². The van der Waals surface area contributed by atoms with Gasteiger partial charge in [0.05, 0.1) is 18.6 Å². The van der Waals surface area contributed by atoms with Crippen LogP contribution in [0.3, 0.4) is 0 Å². The molecule has 5 nitrogen and oxygen atoms in total. The molecule has 1 aliphatic heterocycles. The van der Waals surface area contributed by atoms with Crippen molar-refractivity contribution in [1.82, 2.24) is 4.90 Å². The third kappa shape index (κ3) is 7.02. The molecular weight excluding hydrogens is 365 g/mol. The molecule has 8 heteroatoms. The van der Waals surface area contributed by atoms with Crippen LogP contribution < -0.4 is 0 Å². The number of amides is 1. The van der Waals surface area contributed by atoms with E-state index in [2.05, 4.69) is 0 Å². The van der Waals surface area contributed by atoms with Gasteiger partial charge in [0, 0.05) is 5.70 Å². The van der Waals surface area contributed by atoms with E-state index in [1.165, 1.54) is 4.90 Å². The summed E-state index contributed by atoms with van der Waals surface area (Å²) in [4.78, 5) is 25.6. The molecule has 1 heterocycles. The normalized spacial score (nSPS) is 18.0. The standard InChI is InChI=1S/C15H20Cl3NO4/c1-4-11-6-5-7-12(8-13(20)23-10(2)3)19(11)14(21)22-9-15(16,17)18/h5-7,10,12H,4,8-9H2,1-3H3/t12-/m0/s1. The molecule has 23 heavy (non-hydrogen) atoms. The van der Waals surface area contributed by atoms with Gasteiger partial charge in [0.1, 0.15) is 6.61 Å². The van der Waals surface area contributed by atoms with E-state index in [0.29, 0.717) is 12.1 Å². The summed E-state index contributed by atoms with van der Waals surface area (Å²) in [6.45, 7) is 5.04. The van der Waals surface area contributed by atoms with E-state index in [4.69, 9.17) is 44.3 Å². The van der Waals surface area contributed by atoms with E-state index < -0.39 is 21.9 Å². The Labute approximate surface area is 151 Å². The van der Waals surface area contributed by atoms with Crippen LogP contribution in [-0.2, 0) is 14.3 Å². The molecule has 0 unspecified atom stereocenters. The molecule has 1 atom stereocenters. The number of halogens is 3. The minimum atomic E-state index is -1.69. The van der Waals surface area contributed by atoms with Crippen molar-refractivity contribution >= 4 is 46.9 Å². The van der Waals surface area contributed by atoms with Gasteiger partial charge >= 0.3 is 12.1 Å². The number of allylic oxidation sites excluding steroid dienone is 3. The first kappa shape index (κ1) is 20.1. The number of alkyl halides is 3. The van der Waals surface area contributed by atoms with E-state index in [0.717, 1.165) is 0 Å². The van der Waals surface area contributed by atoms with Crippen LogP contribution in [-0.4, -0.2) is 39.5 Å². The Balaban J connectivity index is 2.82. The summed E-state index contributed by atoms with van der Waals surface area (Å²) in [5.41, 5.74) is 0.712. The van der Waals surface area contributed by atoms with Gasteiger partial charge in [-0.3, -0.25) is 9.69 Å². The smallest absolute Gasteiger partial charge is 0.414 e. The van der Waals surface area contributed by atoms with Crippen LogP contribution in [0.5, 0.6) is 0 Å². The predicted molar refractivity (Wildman–Crippen MR) is 90.6 cm³/mol. The zero-order valence-corrected chi connectivity index (χ0v) is 15.5. The third-order valence-electron chi connectivity index (χ3n) is 2.92. The second kappa shape index (κ2) is 8.81. The van der Waals surface area contributed by atoms with Gasteiger partial charge in [-0.1, -0.05) is 53.9 Å². The van der Waals surface area contributed by atoms with Gasteiger partial charge in [0.25, 0.3) is 0 Å². The van der Waals surface area contributed by atoms with Gasteiger partial charge < -0.3 is 9.47 Å². The maximum atomic E-state index is 12.3. The van der Waals surface area contributed by atoms with E-state index in [1.54, 1.807) is 32.1 Å². The van der Waals surface area contributed by atoms with Crippen molar-refractivity contribution in [3.05, 3.63) is 23.9 Å². The number of carbonyl (C=O) groups is 2. The molecule has 0 aliphatic carbocycles. The topological polar surface area (TPSA) is 55.8 Å². The van der Waals surface area contributed by atoms with E-state index in [-0.39, 0.29) is 19.1 Å². The molecular formula is C15H20Cl3NO4. The summed E-state index contributed by atoms with van der Waals surface area (Å²) in [7, 11) is 0. The van der Waals surface area contributed by atoms with Crippen LogP contribution >= 0.6 is 34.8 Å². The van der Waals surface area contributed by atoms with Crippen LogP contribution in [0.1, 0.15) is 33.6 Å². The molecule has 0 fully saturated rings. The van der Waals surface area contributed by atoms with Gasteiger partial charge in [-0.05, 0) is 26.3 Å². The highest BCUT2D eigenvalue weighted by Gasteiger charge is 2.32. The SMILES string of the molecule is CCC1=CC=C[C@@H](CC(=O)OC(C)C)N1C(=O)OCC(Cl)(Cl)Cl. The molecule has 0 spiro atoms. The van der Waals surface area contributed by atoms with Gasteiger partial charge in [-0.2, -0.15) is 0 Å². The van der Waals surface area contributed by atoms with E-state index in [9.17, 15) is 9.59 Å². The Kier molecular flexibility index (Phi) is 7.71. The molecule has 0 aromatic rings. The van der Waals surface area contributed by atoms with Crippen molar-refractivity contribution < 1.29 is 19.1 Å². The largest absolute Gasteiger partial charge is 0.463 e. The molecule has 0 saturated heterocycles. The Bertz CT molecular complexity index is 497. The van der Waals surface area contributed by atoms with Gasteiger partial charge in [0.2, 0.25) is 3.79 Å². The summed E-state index contributed by atoms with van der Waals surface area (Å²) in [6, 6.07) is -0.496. The Morgan fingerprint density at radius 1 is 1.35 bits per heavy atom. The molecule has 1 rings (SSSR count). The number of ether oxygens (including phenoxy) is 2. The van der Waals surface area contributed by atoms with Crippen LogP contribution in [0.2, 0.25) is 0 Å². The Morgan fingerprint density at radius 3 is 2.52 bits per heavy atom. The van der Waals surface area contributed by atoms with E-state index in [1.807, 2.05) is 6.92 Å². The molecule has 0 N–H and O–H groups in total. The molecule has 1 aliphatic rings. The highest BCUT2D eigenvalue weighted by Crippen LogP contribution is 2.28. The third-order valence-corrected chi connectivity index (χ3v) is 3.25. The predicted octanol–water partition coefficient (Wildman–Crippen LogP) is 4.37. The van der Waals surface area contributed by atoms with Crippen molar-refractivity contribution in [2.45, 2.75) is 49.6 Å². The lowest BCUT2D eigenvalue weighted by atomic mass is 10.1. The molecule has 0 saturated carbocycles. The lowest BCUT2D eigenvalue weighted by Gasteiger charge is -2.32. The number of hydrogen-bond acceptors (Lipinski definition) is 4.